The van der Waals surface area contributed by atoms with Gasteiger partial charge >= 0.3 is 0 Å². The van der Waals surface area contributed by atoms with Crippen molar-refractivity contribution in [1.29, 1.82) is 0 Å². The molecule has 0 bridgehead atoms. The van der Waals surface area contributed by atoms with Gasteiger partial charge in [0, 0.05) is 18.0 Å². The Morgan fingerprint density at radius 1 is 1.27 bits per heavy atom. The molecule has 1 aliphatic heterocycles. The first-order valence-electron chi connectivity index (χ1n) is 8.00. The van der Waals surface area contributed by atoms with Crippen LogP contribution >= 0.6 is 0 Å². The van der Waals surface area contributed by atoms with Gasteiger partial charge in [0.2, 0.25) is 11.8 Å². The molecular weight excluding hydrogens is 276 g/mol. The molecule has 1 aromatic rings. The summed E-state index contributed by atoms with van der Waals surface area (Å²) in [6.07, 6.45) is 6.69. The van der Waals surface area contributed by atoms with Crippen molar-refractivity contribution in [2.45, 2.75) is 46.0 Å². The standard InChI is InChI=1S/C18H22N2O2/c1-12-6-8-14(9-7-12)10-15-11-17(21)20(18(15)22)16-5-3-4-13(2)19-16/h3-6,14-15H,7-11H2,1-2H3. The van der Waals surface area contributed by atoms with E-state index in [2.05, 4.69) is 18.0 Å². The van der Waals surface area contributed by atoms with Crippen LogP contribution in [-0.2, 0) is 9.59 Å². The van der Waals surface area contributed by atoms with Gasteiger partial charge in [-0.1, -0.05) is 17.7 Å². The summed E-state index contributed by atoms with van der Waals surface area (Å²) in [5, 5.41) is 0. The van der Waals surface area contributed by atoms with E-state index >= 15 is 0 Å². The Hall–Kier alpha value is -1.97. The minimum atomic E-state index is -0.174. The van der Waals surface area contributed by atoms with Crippen molar-refractivity contribution in [3.8, 4) is 0 Å². The summed E-state index contributed by atoms with van der Waals surface area (Å²) >= 11 is 0. The first kappa shape index (κ1) is 14.9. The first-order chi connectivity index (χ1) is 10.5. The Kier molecular flexibility index (Phi) is 4.10. The van der Waals surface area contributed by atoms with Crippen LogP contribution in [0, 0.1) is 18.8 Å². The van der Waals surface area contributed by atoms with Gasteiger partial charge < -0.3 is 0 Å². The predicted octanol–water partition coefficient (Wildman–Crippen LogP) is 3.41. The summed E-state index contributed by atoms with van der Waals surface area (Å²) in [7, 11) is 0. The van der Waals surface area contributed by atoms with E-state index in [9.17, 15) is 9.59 Å². The van der Waals surface area contributed by atoms with Gasteiger partial charge in [-0.25, -0.2) is 9.88 Å². The van der Waals surface area contributed by atoms with Crippen LogP contribution in [0.25, 0.3) is 0 Å². The zero-order valence-corrected chi connectivity index (χ0v) is 13.2. The fourth-order valence-corrected chi connectivity index (χ4v) is 3.41. The third-order valence-corrected chi connectivity index (χ3v) is 4.71. The number of nitrogens with zero attached hydrogens (tertiary/aromatic N) is 2. The number of amides is 2. The van der Waals surface area contributed by atoms with E-state index in [1.165, 1.54) is 10.5 Å². The highest BCUT2D eigenvalue weighted by Gasteiger charge is 2.41. The molecule has 22 heavy (non-hydrogen) atoms. The average molecular weight is 298 g/mol. The molecule has 0 saturated carbocycles. The van der Waals surface area contributed by atoms with Crippen LogP contribution in [0.5, 0.6) is 0 Å². The quantitative estimate of drug-likeness (QED) is 0.634. The molecule has 2 amide bonds. The molecule has 1 aliphatic carbocycles. The van der Waals surface area contributed by atoms with Crippen molar-refractivity contribution in [1.82, 2.24) is 4.98 Å². The third-order valence-electron chi connectivity index (χ3n) is 4.71. The van der Waals surface area contributed by atoms with Crippen molar-refractivity contribution in [2.24, 2.45) is 11.8 Å². The molecule has 2 aliphatic rings. The normalized spacial score (nSPS) is 25.5. The first-order valence-corrected chi connectivity index (χ1v) is 8.00. The molecule has 4 heteroatoms. The molecule has 1 aromatic heterocycles. The number of allylic oxidation sites excluding steroid dienone is 2. The molecule has 116 valence electrons. The number of aryl methyl sites for hydroxylation is 1. The van der Waals surface area contributed by atoms with Crippen molar-refractivity contribution >= 4 is 17.6 Å². The lowest BCUT2D eigenvalue weighted by atomic mass is 9.83. The Morgan fingerprint density at radius 2 is 2.09 bits per heavy atom. The molecule has 0 N–H and O–H groups in total. The van der Waals surface area contributed by atoms with Crippen LogP contribution in [0.2, 0.25) is 0 Å². The molecule has 1 saturated heterocycles. The van der Waals surface area contributed by atoms with Gasteiger partial charge in [0.25, 0.3) is 0 Å². The van der Waals surface area contributed by atoms with Crippen LogP contribution in [0.15, 0.2) is 29.8 Å². The number of rotatable bonds is 3. The third kappa shape index (κ3) is 2.96. The number of hydrogen-bond donors (Lipinski definition) is 0. The molecule has 0 aromatic carbocycles. The highest BCUT2D eigenvalue weighted by Crippen LogP contribution is 2.34. The number of carbonyl (C=O) groups is 2. The minimum Gasteiger partial charge on any atom is -0.274 e. The number of imide groups is 1. The summed E-state index contributed by atoms with van der Waals surface area (Å²) in [6.45, 7) is 4.02. The smallest absolute Gasteiger partial charge is 0.238 e. The molecule has 1 fully saturated rings. The molecule has 4 nitrogen and oxygen atoms in total. The number of aromatic nitrogens is 1. The maximum atomic E-state index is 12.6. The van der Waals surface area contributed by atoms with E-state index in [1.807, 2.05) is 19.1 Å². The minimum absolute atomic E-state index is 0.0747. The topological polar surface area (TPSA) is 50.3 Å². The monoisotopic (exact) mass is 298 g/mol. The lowest BCUT2D eigenvalue weighted by Gasteiger charge is -2.22. The van der Waals surface area contributed by atoms with E-state index in [4.69, 9.17) is 0 Å². The molecule has 2 heterocycles. The fourth-order valence-electron chi connectivity index (χ4n) is 3.41. The lowest BCUT2D eigenvalue weighted by Crippen LogP contribution is -2.31. The van der Waals surface area contributed by atoms with Crippen molar-refractivity contribution < 1.29 is 9.59 Å². The van der Waals surface area contributed by atoms with E-state index < -0.39 is 0 Å². The summed E-state index contributed by atoms with van der Waals surface area (Å²) in [6, 6.07) is 5.43. The van der Waals surface area contributed by atoms with E-state index in [-0.39, 0.29) is 17.7 Å². The van der Waals surface area contributed by atoms with Gasteiger partial charge in [0.05, 0.1) is 0 Å². The van der Waals surface area contributed by atoms with Gasteiger partial charge in [-0.2, -0.15) is 0 Å². The van der Waals surface area contributed by atoms with Gasteiger partial charge in [-0.3, -0.25) is 9.59 Å². The van der Waals surface area contributed by atoms with Gasteiger partial charge in [-0.15, -0.1) is 0 Å². The van der Waals surface area contributed by atoms with Crippen LogP contribution < -0.4 is 4.90 Å². The van der Waals surface area contributed by atoms with E-state index in [0.29, 0.717) is 18.2 Å². The van der Waals surface area contributed by atoms with Gasteiger partial charge in [0.1, 0.15) is 5.82 Å². The zero-order valence-electron chi connectivity index (χ0n) is 13.2. The second-order valence-electron chi connectivity index (χ2n) is 6.53. The van der Waals surface area contributed by atoms with Crippen LogP contribution in [0.4, 0.5) is 5.82 Å². The van der Waals surface area contributed by atoms with Crippen molar-refractivity contribution in [2.75, 3.05) is 4.90 Å². The summed E-state index contributed by atoms with van der Waals surface area (Å²) < 4.78 is 0. The van der Waals surface area contributed by atoms with Gasteiger partial charge in [-0.05, 0) is 57.6 Å². The Bertz CT molecular complexity index is 636. The lowest BCUT2D eigenvalue weighted by molar-refractivity contribution is -0.122. The largest absolute Gasteiger partial charge is 0.274 e. The van der Waals surface area contributed by atoms with Crippen LogP contribution in [0.3, 0.4) is 0 Å². The number of anilines is 1. The second kappa shape index (κ2) is 6.03. The average Bonchev–Trinajstić information content (AvgIpc) is 2.76. The highest BCUT2D eigenvalue weighted by atomic mass is 16.2. The molecule has 0 radical (unpaired) electrons. The Morgan fingerprint density at radius 3 is 2.77 bits per heavy atom. The molecule has 3 rings (SSSR count). The van der Waals surface area contributed by atoms with Crippen LogP contribution in [-0.4, -0.2) is 16.8 Å². The number of pyridine rings is 1. The van der Waals surface area contributed by atoms with E-state index in [1.54, 1.807) is 6.07 Å². The zero-order chi connectivity index (χ0) is 15.7. The fraction of sp³-hybridized carbons (Fsp3) is 0.500. The summed E-state index contributed by atoms with van der Waals surface area (Å²) in [5.74, 6) is 0.629. The molecule has 0 spiro atoms. The van der Waals surface area contributed by atoms with Gasteiger partial charge in [0.15, 0.2) is 0 Å². The maximum Gasteiger partial charge on any atom is 0.238 e. The second-order valence-corrected chi connectivity index (χ2v) is 6.53. The Balaban J connectivity index is 1.72. The Labute approximate surface area is 131 Å². The highest BCUT2D eigenvalue weighted by molar-refractivity contribution is 6.20. The summed E-state index contributed by atoms with van der Waals surface area (Å²) in [5.41, 5.74) is 2.25. The number of carbonyl (C=O) groups excluding carboxylic acids is 2. The molecular formula is C18H22N2O2. The SMILES string of the molecule is CC1=CCC(CC2CC(=O)N(c3cccc(C)n3)C2=O)CC1. The van der Waals surface area contributed by atoms with E-state index in [0.717, 1.165) is 31.4 Å². The number of hydrogen-bond acceptors (Lipinski definition) is 3. The predicted molar refractivity (Wildman–Crippen MR) is 85.3 cm³/mol. The maximum absolute atomic E-state index is 12.6. The summed E-state index contributed by atoms with van der Waals surface area (Å²) in [4.78, 5) is 30.5. The van der Waals surface area contributed by atoms with Crippen LogP contribution in [0.1, 0.15) is 44.7 Å². The van der Waals surface area contributed by atoms with Crippen molar-refractivity contribution in [3.63, 3.8) is 0 Å². The van der Waals surface area contributed by atoms with Crippen molar-refractivity contribution in [3.05, 3.63) is 35.5 Å². The molecule has 2 unspecified atom stereocenters. The molecule has 2 atom stereocenters.